The summed E-state index contributed by atoms with van der Waals surface area (Å²) in [5.41, 5.74) is 1.50. The molecule has 196 valence electrons. The minimum absolute atomic E-state index is 0.0548. The van der Waals surface area contributed by atoms with Gasteiger partial charge in [-0.3, -0.25) is 9.59 Å². The molecule has 4 aromatic rings. The number of hydrogen-bond donors (Lipinski definition) is 1. The molecule has 0 aromatic heterocycles. The first kappa shape index (κ1) is 27.5. The van der Waals surface area contributed by atoms with Crippen LogP contribution in [-0.4, -0.2) is 35.4 Å². The fourth-order valence-corrected chi connectivity index (χ4v) is 4.85. The van der Waals surface area contributed by atoms with E-state index in [9.17, 15) is 9.59 Å². The minimum Gasteiger partial charge on any atom is -0.483 e. The van der Waals surface area contributed by atoms with Gasteiger partial charge >= 0.3 is 0 Å². The first-order chi connectivity index (χ1) is 18.3. The molecule has 0 radical (unpaired) electrons. The van der Waals surface area contributed by atoms with Gasteiger partial charge in [-0.15, -0.1) is 0 Å². The fraction of sp³-hybridized carbons (Fsp3) is 0.226. The SMILES string of the molecule is CC(C)NC(=O)[C@@H](Cc1ccccc1)N(Cc1c(Cl)cccc1Cl)C(=O)COc1cccc2ccccc12. The number of hydrogen-bond acceptors (Lipinski definition) is 3. The largest absolute Gasteiger partial charge is 0.483 e. The number of carbonyl (C=O) groups excluding carboxylic acids is 2. The molecule has 0 aliphatic rings. The zero-order chi connectivity index (χ0) is 27.1. The first-order valence-electron chi connectivity index (χ1n) is 12.5. The van der Waals surface area contributed by atoms with Gasteiger partial charge < -0.3 is 15.0 Å². The summed E-state index contributed by atoms with van der Waals surface area (Å²) in [5, 5.41) is 5.73. The van der Waals surface area contributed by atoms with Crippen molar-refractivity contribution in [3.05, 3.63) is 112 Å². The van der Waals surface area contributed by atoms with Gasteiger partial charge in [0.1, 0.15) is 11.8 Å². The van der Waals surface area contributed by atoms with Crippen LogP contribution in [0.1, 0.15) is 25.0 Å². The van der Waals surface area contributed by atoms with E-state index in [-0.39, 0.29) is 31.0 Å². The van der Waals surface area contributed by atoms with Crippen LogP contribution in [0.3, 0.4) is 0 Å². The predicted molar refractivity (Wildman–Crippen MR) is 154 cm³/mol. The van der Waals surface area contributed by atoms with Crippen molar-refractivity contribution < 1.29 is 14.3 Å². The Bertz CT molecular complexity index is 1380. The smallest absolute Gasteiger partial charge is 0.261 e. The summed E-state index contributed by atoms with van der Waals surface area (Å²) in [6.45, 7) is 3.58. The van der Waals surface area contributed by atoms with E-state index in [0.717, 1.165) is 16.3 Å². The molecule has 4 aromatic carbocycles. The Labute approximate surface area is 233 Å². The lowest BCUT2D eigenvalue weighted by Crippen LogP contribution is -2.52. The van der Waals surface area contributed by atoms with Crippen LogP contribution in [0.2, 0.25) is 10.0 Å². The van der Waals surface area contributed by atoms with E-state index in [2.05, 4.69) is 5.32 Å². The van der Waals surface area contributed by atoms with Crippen molar-refractivity contribution in [1.82, 2.24) is 10.2 Å². The highest BCUT2D eigenvalue weighted by molar-refractivity contribution is 6.36. The quantitative estimate of drug-likeness (QED) is 0.240. The lowest BCUT2D eigenvalue weighted by atomic mass is 10.0. The summed E-state index contributed by atoms with van der Waals surface area (Å²) >= 11 is 13.0. The lowest BCUT2D eigenvalue weighted by molar-refractivity contribution is -0.143. The first-order valence-corrected chi connectivity index (χ1v) is 13.3. The summed E-state index contributed by atoms with van der Waals surface area (Å²) in [5.74, 6) is -0.0160. The summed E-state index contributed by atoms with van der Waals surface area (Å²) in [4.78, 5) is 28.9. The molecule has 5 nitrogen and oxygen atoms in total. The summed E-state index contributed by atoms with van der Waals surface area (Å²) < 4.78 is 6.03. The van der Waals surface area contributed by atoms with Crippen molar-refractivity contribution in [2.75, 3.05) is 6.61 Å². The third-order valence-corrected chi connectivity index (χ3v) is 6.90. The second kappa shape index (κ2) is 12.8. The van der Waals surface area contributed by atoms with Gasteiger partial charge in [-0.05, 0) is 43.0 Å². The number of fused-ring (bicyclic) bond motifs is 1. The zero-order valence-electron chi connectivity index (χ0n) is 21.4. The standard InChI is InChI=1S/C31H30Cl2N2O3/c1-21(2)34-31(37)28(18-22-10-4-3-5-11-22)35(19-25-26(32)15-9-16-27(25)33)30(36)20-38-29-17-8-13-23-12-6-7-14-24(23)29/h3-17,21,28H,18-20H2,1-2H3,(H,34,37)/t28-/m1/s1. The molecule has 0 aliphatic heterocycles. The Kier molecular flexibility index (Phi) is 9.27. The molecule has 0 heterocycles. The molecule has 2 amide bonds. The number of carbonyl (C=O) groups is 2. The molecule has 0 saturated heterocycles. The van der Waals surface area contributed by atoms with Crippen LogP contribution in [0, 0.1) is 0 Å². The second-order valence-corrected chi connectivity index (χ2v) is 10.2. The third kappa shape index (κ3) is 6.85. The maximum Gasteiger partial charge on any atom is 0.261 e. The van der Waals surface area contributed by atoms with E-state index in [1.54, 1.807) is 18.2 Å². The van der Waals surface area contributed by atoms with Crippen molar-refractivity contribution in [3.63, 3.8) is 0 Å². The van der Waals surface area contributed by atoms with Gasteiger partial charge in [0.15, 0.2) is 6.61 Å². The molecule has 1 atom stereocenters. The molecule has 7 heteroatoms. The second-order valence-electron chi connectivity index (χ2n) is 9.36. The van der Waals surface area contributed by atoms with Crippen LogP contribution < -0.4 is 10.1 Å². The summed E-state index contributed by atoms with van der Waals surface area (Å²) in [6.07, 6.45) is 0.321. The van der Waals surface area contributed by atoms with Crippen LogP contribution in [0.4, 0.5) is 0 Å². The number of ether oxygens (including phenoxy) is 1. The van der Waals surface area contributed by atoms with Crippen molar-refractivity contribution in [2.45, 2.75) is 38.9 Å². The van der Waals surface area contributed by atoms with Crippen LogP contribution in [0.25, 0.3) is 10.8 Å². The van der Waals surface area contributed by atoms with Gasteiger partial charge in [0.05, 0.1) is 0 Å². The number of nitrogens with one attached hydrogen (secondary N) is 1. The number of halogens is 2. The molecular weight excluding hydrogens is 519 g/mol. The number of nitrogens with zero attached hydrogens (tertiary/aromatic N) is 1. The number of amides is 2. The fourth-order valence-electron chi connectivity index (χ4n) is 4.33. The summed E-state index contributed by atoms with van der Waals surface area (Å²) in [6, 6.07) is 27.4. The van der Waals surface area contributed by atoms with E-state index in [0.29, 0.717) is 27.8 Å². The minimum atomic E-state index is -0.809. The van der Waals surface area contributed by atoms with Gasteiger partial charge in [0.25, 0.3) is 5.91 Å². The van der Waals surface area contributed by atoms with E-state index in [1.807, 2.05) is 86.6 Å². The molecule has 4 rings (SSSR count). The molecule has 38 heavy (non-hydrogen) atoms. The van der Waals surface area contributed by atoms with Crippen molar-refractivity contribution in [1.29, 1.82) is 0 Å². The Morgan fingerprint density at radius 3 is 2.18 bits per heavy atom. The van der Waals surface area contributed by atoms with Gasteiger partial charge in [0, 0.05) is 40.0 Å². The molecule has 0 spiro atoms. The van der Waals surface area contributed by atoms with Gasteiger partial charge in [-0.1, -0.05) is 96.0 Å². The Morgan fingerprint density at radius 1 is 0.842 bits per heavy atom. The van der Waals surface area contributed by atoms with Crippen LogP contribution in [0.5, 0.6) is 5.75 Å². The van der Waals surface area contributed by atoms with E-state index < -0.39 is 6.04 Å². The van der Waals surface area contributed by atoms with Crippen molar-refractivity contribution in [3.8, 4) is 5.75 Å². The Morgan fingerprint density at radius 2 is 1.47 bits per heavy atom. The van der Waals surface area contributed by atoms with Crippen LogP contribution >= 0.6 is 23.2 Å². The van der Waals surface area contributed by atoms with Crippen LogP contribution in [0.15, 0.2) is 91.0 Å². The Balaban J connectivity index is 1.68. The van der Waals surface area contributed by atoms with Crippen molar-refractivity contribution >= 4 is 45.8 Å². The molecule has 0 aliphatic carbocycles. The molecule has 0 saturated carbocycles. The monoisotopic (exact) mass is 548 g/mol. The molecular formula is C31H30Cl2N2O3. The van der Waals surface area contributed by atoms with Gasteiger partial charge in [-0.25, -0.2) is 0 Å². The zero-order valence-corrected chi connectivity index (χ0v) is 22.9. The Hall–Kier alpha value is -3.54. The van der Waals surface area contributed by atoms with Crippen molar-refractivity contribution in [2.24, 2.45) is 0 Å². The normalized spacial score (nSPS) is 11.8. The topological polar surface area (TPSA) is 58.6 Å². The highest BCUT2D eigenvalue weighted by Gasteiger charge is 2.32. The maximum atomic E-state index is 13.8. The van der Waals surface area contributed by atoms with Crippen LogP contribution in [-0.2, 0) is 22.6 Å². The predicted octanol–water partition coefficient (Wildman–Crippen LogP) is 6.69. The average molecular weight is 549 g/mol. The number of benzene rings is 4. The highest BCUT2D eigenvalue weighted by atomic mass is 35.5. The molecule has 1 N–H and O–H groups in total. The third-order valence-electron chi connectivity index (χ3n) is 6.19. The van der Waals surface area contributed by atoms with Gasteiger partial charge in [-0.2, -0.15) is 0 Å². The van der Waals surface area contributed by atoms with E-state index in [4.69, 9.17) is 27.9 Å². The highest BCUT2D eigenvalue weighted by Crippen LogP contribution is 2.28. The lowest BCUT2D eigenvalue weighted by Gasteiger charge is -2.32. The summed E-state index contributed by atoms with van der Waals surface area (Å²) in [7, 11) is 0. The van der Waals surface area contributed by atoms with E-state index in [1.165, 1.54) is 4.90 Å². The maximum absolute atomic E-state index is 13.8. The van der Waals surface area contributed by atoms with Gasteiger partial charge in [0.2, 0.25) is 5.91 Å². The number of rotatable bonds is 10. The molecule has 0 unspecified atom stereocenters. The molecule has 0 bridgehead atoms. The molecule has 0 fully saturated rings. The average Bonchev–Trinajstić information content (AvgIpc) is 2.91. The van der Waals surface area contributed by atoms with E-state index >= 15 is 0 Å².